The van der Waals surface area contributed by atoms with Crippen LogP contribution < -0.4 is 0 Å². The van der Waals surface area contributed by atoms with Gasteiger partial charge < -0.3 is 0 Å². The van der Waals surface area contributed by atoms with E-state index in [0.29, 0.717) is 0 Å². The second kappa shape index (κ2) is 4.75. The molecule has 1 heterocycles. The highest BCUT2D eigenvalue weighted by Crippen LogP contribution is 2.14. The third kappa shape index (κ3) is 2.57. The molecule has 0 saturated heterocycles. The third-order valence-corrected chi connectivity index (χ3v) is 2.57. The van der Waals surface area contributed by atoms with Gasteiger partial charge in [-0.2, -0.15) is 0 Å². The van der Waals surface area contributed by atoms with Gasteiger partial charge in [-0.1, -0.05) is 49.1 Å². The molecule has 1 aliphatic heterocycles. The van der Waals surface area contributed by atoms with E-state index in [-0.39, 0.29) is 0 Å². The summed E-state index contributed by atoms with van der Waals surface area (Å²) in [5, 5.41) is 0. The van der Waals surface area contributed by atoms with Crippen molar-refractivity contribution in [3.05, 3.63) is 65.8 Å². The molecule has 1 heteroatoms. The molecular weight excluding hydrogens is 194 g/mol. The molecule has 0 saturated carbocycles. The van der Waals surface area contributed by atoms with Crippen molar-refractivity contribution in [1.82, 2.24) is 0 Å². The summed E-state index contributed by atoms with van der Waals surface area (Å²) >= 11 is 0. The van der Waals surface area contributed by atoms with Crippen molar-refractivity contribution in [1.29, 1.82) is 0 Å². The first-order chi connectivity index (χ1) is 7.75. The lowest BCUT2D eigenvalue weighted by Crippen LogP contribution is -1.92. The lowest BCUT2D eigenvalue weighted by molar-refractivity contribution is 1.06. The summed E-state index contributed by atoms with van der Waals surface area (Å²) in [6.45, 7) is 6.72. The fourth-order valence-electron chi connectivity index (χ4n) is 1.58. The predicted octanol–water partition coefficient (Wildman–Crippen LogP) is 3.79. The Balaban J connectivity index is 2.45. The fraction of sp³-hybridized carbons (Fsp3) is 0.133. The second-order valence-electron chi connectivity index (χ2n) is 3.90. The third-order valence-electron chi connectivity index (χ3n) is 2.57. The molecule has 80 valence electrons. The maximum atomic E-state index is 4.52. The lowest BCUT2D eigenvalue weighted by Gasteiger charge is -2.05. The van der Waals surface area contributed by atoms with Crippen LogP contribution in [0.4, 0.5) is 0 Å². The first kappa shape index (κ1) is 10.6. The Morgan fingerprint density at radius 3 is 2.69 bits per heavy atom. The van der Waals surface area contributed by atoms with E-state index in [0.717, 1.165) is 17.8 Å². The minimum Gasteiger partial charge on any atom is -0.285 e. The van der Waals surface area contributed by atoms with Gasteiger partial charge in [0.1, 0.15) is 0 Å². The number of fused-ring (bicyclic) bond motifs is 1. The van der Waals surface area contributed by atoms with Gasteiger partial charge in [0.25, 0.3) is 0 Å². The number of allylic oxidation sites excluding steroid dienone is 4. The summed E-state index contributed by atoms with van der Waals surface area (Å²) in [6.07, 6.45) is 8.12. The molecule has 1 aromatic rings. The van der Waals surface area contributed by atoms with Gasteiger partial charge in [0.2, 0.25) is 0 Å². The second-order valence-corrected chi connectivity index (χ2v) is 3.90. The van der Waals surface area contributed by atoms with E-state index < -0.39 is 0 Å². The van der Waals surface area contributed by atoms with Crippen LogP contribution in [0.2, 0.25) is 0 Å². The van der Waals surface area contributed by atoms with E-state index in [1.807, 2.05) is 37.3 Å². The Morgan fingerprint density at radius 2 is 1.81 bits per heavy atom. The highest BCUT2D eigenvalue weighted by molar-refractivity contribution is 5.93. The molecule has 16 heavy (non-hydrogen) atoms. The zero-order valence-electron chi connectivity index (χ0n) is 9.48. The smallest absolute Gasteiger partial charge is 0.0648 e. The number of aliphatic imine (C=N–C) groups is 1. The van der Waals surface area contributed by atoms with E-state index >= 15 is 0 Å². The van der Waals surface area contributed by atoms with Crippen molar-refractivity contribution in [2.75, 3.05) is 0 Å². The van der Waals surface area contributed by atoms with Crippen molar-refractivity contribution in [3.8, 4) is 0 Å². The molecule has 0 radical (unpaired) electrons. The van der Waals surface area contributed by atoms with Crippen molar-refractivity contribution >= 4 is 11.8 Å². The Kier molecular flexibility index (Phi) is 3.16. The molecule has 1 nitrogen and oxygen atoms in total. The van der Waals surface area contributed by atoms with Crippen LogP contribution in [0, 0.1) is 0 Å². The highest BCUT2D eigenvalue weighted by atomic mass is 14.7. The van der Waals surface area contributed by atoms with Crippen LogP contribution in [0.3, 0.4) is 0 Å². The van der Waals surface area contributed by atoms with Gasteiger partial charge in [0.15, 0.2) is 0 Å². The Hall–Kier alpha value is -1.89. The number of rotatable bonds is 0. The van der Waals surface area contributed by atoms with Crippen LogP contribution in [0.1, 0.15) is 18.1 Å². The van der Waals surface area contributed by atoms with E-state index in [2.05, 4.69) is 29.8 Å². The van der Waals surface area contributed by atoms with Crippen LogP contribution in [-0.4, -0.2) is 5.71 Å². The first-order valence-electron chi connectivity index (χ1n) is 5.40. The molecular formula is C15H15N. The van der Waals surface area contributed by atoms with E-state index in [1.165, 1.54) is 11.1 Å². The molecule has 0 unspecified atom stereocenters. The average Bonchev–Trinajstić information content (AvgIpc) is 2.31. The highest BCUT2D eigenvalue weighted by Gasteiger charge is 1.98. The molecule has 0 atom stereocenters. The SMILES string of the molecule is C=C1C=Cc2ccccc2CN=C(C)/C=C\1. The summed E-state index contributed by atoms with van der Waals surface area (Å²) in [5.41, 5.74) is 4.49. The Morgan fingerprint density at radius 1 is 1.06 bits per heavy atom. The van der Waals surface area contributed by atoms with Crippen LogP contribution in [0.25, 0.3) is 6.08 Å². The Bertz CT molecular complexity index is 486. The number of hydrogen-bond acceptors (Lipinski definition) is 1. The van der Waals surface area contributed by atoms with Crippen molar-refractivity contribution < 1.29 is 0 Å². The molecule has 1 aliphatic rings. The van der Waals surface area contributed by atoms with Gasteiger partial charge in [-0.25, -0.2) is 0 Å². The van der Waals surface area contributed by atoms with Gasteiger partial charge in [-0.3, -0.25) is 4.99 Å². The normalized spacial score (nSPS) is 17.6. The summed E-state index contributed by atoms with van der Waals surface area (Å²) < 4.78 is 0. The molecule has 0 aromatic heterocycles. The van der Waals surface area contributed by atoms with Gasteiger partial charge in [-0.15, -0.1) is 0 Å². The number of nitrogens with zero attached hydrogens (tertiary/aromatic N) is 1. The maximum Gasteiger partial charge on any atom is 0.0648 e. The largest absolute Gasteiger partial charge is 0.285 e. The Labute approximate surface area is 96.5 Å². The van der Waals surface area contributed by atoms with Gasteiger partial charge in [0, 0.05) is 5.71 Å². The van der Waals surface area contributed by atoms with Crippen LogP contribution >= 0.6 is 0 Å². The number of hydrogen-bond donors (Lipinski definition) is 0. The molecule has 0 amide bonds. The van der Waals surface area contributed by atoms with Gasteiger partial charge in [-0.05, 0) is 29.7 Å². The minimum absolute atomic E-state index is 0.739. The lowest BCUT2D eigenvalue weighted by atomic mass is 10.1. The van der Waals surface area contributed by atoms with E-state index in [1.54, 1.807) is 0 Å². The van der Waals surface area contributed by atoms with Gasteiger partial charge in [0.05, 0.1) is 6.54 Å². The predicted molar refractivity (Wildman–Crippen MR) is 70.6 cm³/mol. The quantitative estimate of drug-likeness (QED) is 0.616. The van der Waals surface area contributed by atoms with Crippen LogP contribution in [0.5, 0.6) is 0 Å². The average molecular weight is 209 g/mol. The molecule has 2 rings (SSSR count). The van der Waals surface area contributed by atoms with E-state index in [4.69, 9.17) is 0 Å². The first-order valence-corrected chi connectivity index (χ1v) is 5.40. The van der Waals surface area contributed by atoms with E-state index in [9.17, 15) is 0 Å². The van der Waals surface area contributed by atoms with Crippen molar-refractivity contribution in [3.63, 3.8) is 0 Å². The standard InChI is InChI=1S/C15H15N/c1-12-7-9-13(2)16-11-15-6-4-3-5-14(15)10-8-12/h3-10H,1,11H2,2H3/b9-7-,10-8?,16-13?. The summed E-state index contributed by atoms with van der Waals surface area (Å²) in [7, 11) is 0. The molecule has 1 aromatic carbocycles. The monoisotopic (exact) mass is 209 g/mol. The molecule has 0 fully saturated rings. The fourth-order valence-corrected chi connectivity index (χ4v) is 1.58. The zero-order valence-corrected chi connectivity index (χ0v) is 9.48. The molecule has 0 aliphatic carbocycles. The zero-order chi connectivity index (χ0) is 11.4. The molecule has 0 bridgehead atoms. The number of benzene rings is 1. The van der Waals surface area contributed by atoms with Crippen LogP contribution in [-0.2, 0) is 6.54 Å². The summed E-state index contributed by atoms with van der Waals surface area (Å²) in [4.78, 5) is 4.52. The van der Waals surface area contributed by atoms with Gasteiger partial charge >= 0.3 is 0 Å². The topological polar surface area (TPSA) is 12.4 Å². The molecule has 0 spiro atoms. The molecule has 0 N–H and O–H groups in total. The summed E-state index contributed by atoms with van der Waals surface area (Å²) in [6, 6.07) is 8.32. The summed E-state index contributed by atoms with van der Waals surface area (Å²) in [5.74, 6) is 0. The minimum atomic E-state index is 0.739. The van der Waals surface area contributed by atoms with Crippen molar-refractivity contribution in [2.45, 2.75) is 13.5 Å². The maximum absolute atomic E-state index is 4.52. The van der Waals surface area contributed by atoms with Crippen molar-refractivity contribution in [2.24, 2.45) is 4.99 Å². The van der Waals surface area contributed by atoms with Crippen LogP contribution in [0.15, 0.2) is 59.6 Å².